The zero-order chi connectivity index (χ0) is 19.0. The van der Waals surface area contributed by atoms with E-state index in [1.807, 2.05) is 54.8 Å². The summed E-state index contributed by atoms with van der Waals surface area (Å²) in [4.78, 5) is 26.6. The van der Waals surface area contributed by atoms with Crippen molar-refractivity contribution in [1.29, 1.82) is 0 Å². The molecule has 1 aliphatic carbocycles. The molecule has 0 spiro atoms. The molecule has 1 N–H and O–H groups in total. The Balaban J connectivity index is 1.70. The van der Waals surface area contributed by atoms with Crippen molar-refractivity contribution in [2.75, 3.05) is 6.26 Å². The van der Waals surface area contributed by atoms with Crippen molar-refractivity contribution in [3.63, 3.8) is 0 Å². The number of thioether (sulfide) groups is 1. The Labute approximate surface area is 168 Å². The number of hydrogen-bond acceptors (Lipinski definition) is 3. The smallest absolute Gasteiger partial charge is 0.225 e. The summed E-state index contributed by atoms with van der Waals surface area (Å²) < 4.78 is 0. The van der Waals surface area contributed by atoms with E-state index >= 15 is 0 Å². The highest BCUT2D eigenvalue weighted by Crippen LogP contribution is 2.43. The number of carbonyl (C=O) groups excluding carboxylic acids is 2. The predicted molar refractivity (Wildman–Crippen MR) is 109 cm³/mol. The number of allylic oxidation sites excluding steroid dienone is 2. The summed E-state index contributed by atoms with van der Waals surface area (Å²) in [6.07, 6.45) is 3.41. The first-order valence-electron chi connectivity index (χ1n) is 9.01. The van der Waals surface area contributed by atoms with Crippen LogP contribution in [0.25, 0.3) is 0 Å². The molecule has 4 rings (SSSR count). The third kappa shape index (κ3) is 3.56. The summed E-state index contributed by atoms with van der Waals surface area (Å²) in [5, 5.41) is 3.63. The Morgan fingerprint density at radius 3 is 2.44 bits per heavy atom. The molecule has 0 radical (unpaired) electrons. The highest BCUT2D eigenvalue weighted by Gasteiger charge is 2.38. The van der Waals surface area contributed by atoms with Gasteiger partial charge in [0.2, 0.25) is 5.91 Å². The monoisotopic (exact) mass is 397 g/mol. The van der Waals surface area contributed by atoms with Crippen molar-refractivity contribution in [2.24, 2.45) is 0 Å². The summed E-state index contributed by atoms with van der Waals surface area (Å²) in [5.41, 5.74) is 3.54. The van der Waals surface area contributed by atoms with Crippen LogP contribution in [0.3, 0.4) is 0 Å². The molecule has 3 nitrogen and oxygen atoms in total. The summed E-state index contributed by atoms with van der Waals surface area (Å²) >= 11 is 8.02. The van der Waals surface area contributed by atoms with E-state index in [1.54, 1.807) is 11.8 Å². The molecule has 138 valence electrons. The van der Waals surface area contributed by atoms with E-state index in [1.165, 1.54) is 4.90 Å². The van der Waals surface area contributed by atoms with Crippen molar-refractivity contribution in [1.82, 2.24) is 5.32 Å². The minimum atomic E-state index is -0.163. The summed E-state index contributed by atoms with van der Waals surface area (Å²) in [5.74, 6) is -0.0763. The molecule has 2 aromatic rings. The summed E-state index contributed by atoms with van der Waals surface area (Å²) in [6.45, 7) is 0. The summed E-state index contributed by atoms with van der Waals surface area (Å²) in [6, 6.07) is 15.8. The lowest BCUT2D eigenvalue weighted by Gasteiger charge is -2.34. The molecule has 0 saturated carbocycles. The third-order valence-corrected chi connectivity index (χ3v) is 6.49. The average molecular weight is 398 g/mol. The largest absolute Gasteiger partial charge is 0.329 e. The molecule has 0 bridgehead atoms. The molecule has 2 aromatic carbocycles. The Bertz CT molecular complexity index is 936. The van der Waals surface area contributed by atoms with E-state index < -0.39 is 0 Å². The normalized spacial score (nSPS) is 22.4. The Morgan fingerprint density at radius 2 is 1.74 bits per heavy atom. The maximum atomic E-state index is 13.1. The van der Waals surface area contributed by atoms with Crippen LogP contribution in [0.4, 0.5) is 0 Å². The molecule has 0 fully saturated rings. The highest BCUT2D eigenvalue weighted by atomic mass is 35.5. The molecule has 0 saturated heterocycles. The van der Waals surface area contributed by atoms with Gasteiger partial charge < -0.3 is 5.32 Å². The van der Waals surface area contributed by atoms with E-state index in [-0.39, 0.29) is 23.5 Å². The van der Waals surface area contributed by atoms with Crippen molar-refractivity contribution in [3.8, 4) is 0 Å². The van der Waals surface area contributed by atoms with Crippen LogP contribution in [0.2, 0.25) is 5.02 Å². The lowest BCUT2D eigenvalue weighted by Crippen LogP contribution is -2.38. The highest BCUT2D eigenvalue weighted by molar-refractivity contribution is 7.98. The molecule has 0 aromatic heterocycles. The molecule has 1 aliphatic heterocycles. The maximum absolute atomic E-state index is 13.1. The molecule has 1 heterocycles. The van der Waals surface area contributed by atoms with Crippen LogP contribution < -0.4 is 5.32 Å². The van der Waals surface area contributed by atoms with Gasteiger partial charge in [0, 0.05) is 39.9 Å². The molecule has 2 atom stereocenters. The van der Waals surface area contributed by atoms with Crippen molar-refractivity contribution in [2.45, 2.75) is 36.0 Å². The number of halogens is 1. The number of benzene rings is 2. The van der Waals surface area contributed by atoms with Crippen LogP contribution in [0.5, 0.6) is 0 Å². The van der Waals surface area contributed by atoms with Crippen molar-refractivity contribution >= 4 is 35.1 Å². The quantitative estimate of drug-likeness (QED) is 0.736. The molecule has 5 heteroatoms. The van der Waals surface area contributed by atoms with Crippen LogP contribution in [0.15, 0.2) is 64.7 Å². The maximum Gasteiger partial charge on any atom is 0.225 e. The van der Waals surface area contributed by atoms with E-state index in [0.29, 0.717) is 24.3 Å². The molecule has 2 unspecified atom stereocenters. The van der Waals surface area contributed by atoms with E-state index in [4.69, 9.17) is 11.6 Å². The van der Waals surface area contributed by atoms with Gasteiger partial charge in [-0.15, -0.1) is 11.8 Å². The second-order valence-corrected chi connectivity index (χ2v) is 8.31. The second kappa shape index (κ2) is 7.53. The number of ketones is 1. The first kappa shape index (κ1) is 18.3. The summed E-state index contributed by atoms with van der Waals surface area (Å²) in [7, 11) is 0. The van der Waals surface area contributed by atoms with Gasteiger partial charge in [-0.2, -0.15) is 0 Å². The topological polar surface area (TPSA) is 46.2 Å². The molecular weight excluding hydrogens is 378 g/mol. The van der Waals surface area contributed by atoms with E-state index in [9.17, 15) is 9.59 Å². The van der Waals surface area contributed by atoms with Gasteiger partial charge in [-0.05, 0) is 47.9 Å². The molecular formula is C22H20ClNO2S. The lowest BCUT2D eigenvalue weighted by atomic mass is 9.73. The number of Topliss-reactive ketones (excluding diaryl/α,β-unsaturated/α-hetero) is 1. The second-order valence-electron chi connectivity index (χ2n) is 7.02. The number of carbonyl (C=O) groups is 2. The molecule has 27 heavy (non-hydrogen) atoms. The van der Waals surface area contributed by atoms with Gasteiger partial charge >= 0.3 is 0 Å². The van der Waals surface area contributed by atoms with Crippen LogP contribution >= 0.6 is 23.4 Å². The van der Waals surface area contributed by atoms with Crippen molar-refractivity contribution in [3.05, 3.63) is 76.0 Å². The van der Waals surface area contributed by atoms with Crippen LogP contribution in [-0.4, -0.2) is 17.9 Å². The van der Waals surface area contributed by atoms with E-state index in [0.717, 1.165) is 22.4 Å². The van der Waals surface area contributed by atoms with Crippen molar-refractivity contribution < 1.29 is 9.59 Å². The van der Waals surface area contributed by atoms with Gasteiger partial charge in [-0.25, -0.2) is 0 Å². The zero-order valence-electron chi connectivity index (χ0n) is 15.0. The fourth-order valence-electron chi connectivity index (χ4n) is 4.11. The first-order chi connectivity index (χ1) is 13.1. The van der Waals surface area contributed by atoms with Gasteiger partial charge in [0.05, 0.1) is 0 Å². The Hall–Kier alpha value is -2.04. The van der Waals surface area contributed by atoms with Crippen LogP contribution in [-0.2, 0) is 9.59 Å². The van der Waals surface area contributed by atoms with Crippen LogP contribution in [0, 0.1) is 0 Å². The third-order valence-electron chi connectivity index (χ3n) is 5.40. The minimum Gasteiger partial charge on any atom is -0.329 e. The zero-order valence-corrected chi connectivity index (χ0v) is 16.6. The fourth-order valence-corrected chi connectivity index (χ4v) is 4.81. The van der Waals surface area contributed by atoms with Gasteiger partial charge in [0.15, 0.2) is 5.78 Å². The number of rotatable bonds is 3. The Morgan fingerprint density at radius 1 is 1.00 bits per heavy atom. The van der Waals surface area contributed by atoms with Gasteiger partial charge in [0.1, 0.15) is 0 Å². The van der Waals surface area contributed by atoms with Crippen LogP contribution in [0.1, 0.15) is 42.2 Å². The van der Waals surface area contributed by atoms with E-state index in [2.05, 4.69) is 5.32 Å². The van der Waals surface area contributed by atoms with Gasteiger partial charge in [-0.3, -0.25) is 9.59 Å². The predicted octanol–water partition coefficient (Wildman–Crippen LogP) is 5.07. The minimum absolute atomic E-state index is 0.00265. The molecule has 2 aliphatic rings. The standard InChI is InChI=1S/C22H20ClNO2S/c1-27-15-8-6-13(7-9-15)17-12-21(26)24-19-10-14(11-20(25)22(17)19)16-4-2-3-5-18(16)23/h2-9,14,17H,10-12H2,1H3,(H,24,26). The molecule has 1 amide bonds. The average Bonchev–Trinajstić information content (AvgIpc) is 2.67. The lowest BCUT2D eigenvalue weighted by molar-refractivity contribution is -0.122. The van der Waals surface area contributed by atoms with Gasteiger partial charge in [0.25, 0.3) is 0 Å². The fraction of sp³-hybridized carbons (Fsp3) is 0.273. The number of amides is 1. The number of nitrogens with one attached hydrogen (secondary N) is 1. The number of hydrogen-bond donors (Lipinski definition) is 1. The SMILES string of the molecule is CSc1ccc(C2CC(=O)NC3=C2C(=O)CC(c2ccccc2Cl)C3)cc1. The first-order valence-corrected chi connectivity index (χ1v) is 10.6. The Kier molecular flexibility index (Phi) is 5.11. The van der Waals surface area contributed by atoms with Gasteiger partial charge in [-0.1, -0.05) is 41.9 Å².